The van der Waals surface area contributed by atoms with Crippen molar-refractivity contribution in [2.24, 2.45) is 0 Å². The van der Waals surface area contributed by atoms with Crippen molar-refractivity contribution in [3.8, 4) is 6.07 Å². The number of aryl methyl sites for hydroxylation is 2. The third kappa shape index (κ3) is 4.91. The summed E-state index contributed by atoms with van der Waals surface area (Å²) in [4.78, 5) is 17.8. The fraction of sp³-hybridized carbons (Fsp3) is 0.364. The van der Waals surface area contributed by atoms with Gasteiger partial charge in [0.15, 0.2) is 0 Å². The Hall–Kier alpha value is -2.29. The molecule has 1 amide bonds. The molecule has 2 aromatic carbocycles. The van der Waals surface area contributed by atoms with Crippen LogP contribution in [0.15, 0.2) is 53.4 Å². The Morgan fingerprint density at radius 2 is 1.81 bits per heavy atom. The van der Waals surface area contributed by atoms with Gasteiger partial charge in [-0.3, -0.25) is 9.69 Å². The average Bonchev–Trinajstić information content (AvgIpc) is 2.69. The number of thioether (sulfide) groups is 1. The maximum Gasteiger partial charge on any atom is 0.233 e. The normalized spacial score (nSPS) is 16.0. The zero-order valence-electron chi connectivity index (χ0n) is 15.9. The molecular weight excluding hydrogens is 354 g/mol. The van der Waals surface area contributed by atoms with Crippen LogP contribution in [0.5, 0.6) is 0 Å². The van der Waals surface area contributed by atoms with E-state index in [1.807, 2.05) is 35.2 Å². The number of benzene rings is 2. The van der Waals surface area contributed by atoms with Crippen LogP contribution in [0.1, 0.15) is 22.7 Å². The van der Waals surface area contributed by atoms with Crippen molar-refractivity contribution in [2.75, 3.05) is 31.9 Å². The van der Waals surface area contributed by atoms with Crippen LogP contribution in [0.25, 0.3) is 0 Å². The molecule has 0 bridgehead atoms. The number of hydrogen-bond donors (Lipinski definition) is 0. The molecule has 1 atom stereocenters. The Morgan fingerprint density at radius 1 is 1.11 bits per heavy atom. The van der Waals surface area contributed by atoms with Crippen LogP contribution < -0.4 is 0 Å². The maximum absolute atomic E-state index is 12.6. The highest BCUT2D eigenvalue weighted by Gasteiger charge is 2.26. The number of piperazine rings is 1. The van der Waals surface area contributed by atoms with E-state index >= 15 is 0 Å². The van der Waals surface area contributed by atoms with Crippen LogP contribution in [0.4, 0.5) is 0 Å². The van der Waals surface area contributed by atoms with Gasteiger partial charge in [0.25, 0.3) is 0 Å². The van der Waals surface area contributed by atoms with Crippen LogP contribution in [0.2, 0.25) is 0 Å². The molecular formula is C22H25N3OS. The molecule has 2 aromatic rings. The number of rotatable bonds is 5. The lowest BCUT2D eigenvalue weighted by atomic mass is 10.1. The third-order valence-corrected chi connectivity index (χ3v) is 6.11. The molecule has 5 heteroatoms. The lowest BCUT2D eigenvalue weighted by molar-refractivity contribution is -0.130. The molecule has 1 unspecified atom stereocenters. The molecule has 1 aliphatic heterocycles. The van der Waals surface area contributed by atoms with Gasteiger partial charge < -0.3 is 4.90 Å². The predicted octanol–water partition coefficient (Wildman–Crippen LogP) is 3.80. The first-order chi connectivity index (χ1) is 13.1. The van der Waals surface area contributed by atoms with Gasteiger partial charge in [0.1, 0.15) is 6.04 Å². The number of carbonyl (C=O) groups excluding carboxylic acids is 1. The molecule has 0 radical (unpaired) electrons. The van der Waals surface area contributed by atoms with Crippen molar-refractivity contribution in [1.82, 2.24) is 9.80 Å². The average molecular weight is 380 g/mol. The molecule has 1 fully saturated rings. The highest BCUT2D eigenvalue weighted by atomic mass is 32.2. The minimum Gasteiger partial charge on any atom is -0.339 e. The van der Waals surface area contributed by atoms with E-state index in [0.717, 1.165) is 18.7 Å². The second-order valence-electron chi connectivity index (χ2n) is 6.92. The van der Waals surface area contributed by atoms with Crippen molar-refractivity contribution in [1.29, 1.82) is 5.26 Å². The minimum absolute atomic E-state index is 0.174. The molecule has 0 spiro atoms. The number of amides is 1. The monoisotopic (exact) mass is 379 g/mol. The van der Waals surface area contributed by atoms with Gasteiger partial charge in [-0.05, 0) is 31.0 Å². The summed E-state index contributed by atoms with van der Waals surface area (Å²) in [6.45, 7) is 6.98. The van der Waals surface area contributed by atoms with Crippen molar-refractivity contribution in [2.45, 2.75) is 24.8 Å². The lowest BCUT2D eigenvalue weighted by Crippen LogP contribution is -2.50. The van der Waals surface area contributed by atoms with Crippen molar-refractivity contribution >= 4 is 17.7 Å². The Bertz CT molecular complexity index is 823. The number of nitriles is 1. The van der Waals surface area contributed by atoms with E-state index in [1.165, 1.54) is 16.0 Å². The summed E-state index contributed by atoms with van der Waals surface area (Å²) in [6.07, 6.45) is 0. The predicted molar refractivity (Wildman–Crippen MR) is 110 cm³/mol. The van der Waals surface area contributed by atoms with Gasteiger partial charge in [-0.25, -0.2) is 0 Å². The van der Waals surface area contributed by atoms with E-state index in [-0.39, 0.29) is 11.9 Å². The SMILES string of the molecule is Cc1ccc(SCC(=O)N2CCN(C(C#N)c3ccccc3)CC2)c(C)c1. The Labute approximate surface area is 165 Å². The summed E-state index contributed by atoms with van der Waals surface area (Å²) < 4.78 is 0. The van der Waals surface area contributed by atoms with Gasteiger partial charge >= 0.3 is 0 Å². The summed E-state index contributed by atoms with van der Waals surface area (Å²) in [7, 11) is 0. The molecule has 4 nitrogen and oxygen atoms in total. The second kappa shape index (κ2) is 9.07. The number of hydrogen-bond acceptors (Lipinski definition) is 4. The van der Waals surface area contributed by atoms with E-state index in [9.17, 15) is 10.1 Å². The summed E-state index contributed by atoms with van der Waals surface area (Å²) in [5, 5.41) is 9.59. The number of nitrogens with zero attached hydrogens (tertiary/aromatic N) is 3. The third-order valence-electron chi connectivity index (χ3n) is 4.95. The van der Waals surface area contributed by atoms with Gasteiger partial charge in [-0.2, -0.15) is 5.26 Å². The minimum atomic E-state index is -0.243. The maximum atomic E-state index is 12.6. The lowest BCUT2D eigenvalue weighted by Gasteiger charge is -2.37. The van der Waals surface area contributed by atoms with Crippen molar-refractivity contribution in [3.05, 3.63) is 65.2 Å². The van der Waals surface area contributed by atoms with Crippen LogP contribution in [0.3, 0.4) is 0 Å². The smallest absolute Gasteiger partial charge is 0.233 e. The zero-order chi connectivity index (χ0) is 19.2. The van der Waals surface area contributed by atoms with Gasteiger partial charge in [0.05, 0.1) is 11.8 Å². The van der Waals surface area contributed by atoms with E-state index in [1.54, 1.807) is 11.8 Å². The van der Waals surface area contributed by atoms with E-state index in [4.69, 9.17) is 0 Å². The van der Waals surface area contributed by atoms with Crippen LogP contribution in [-0.4, -0.2) is 47.6 Å². The highest BCUT2D eigenvalue weighted by molar-refractivity contribution is 8.00. The van der Waals surface area contributed by atoms with Gasteiger partial charge in [0, 0.05) is 31.1 Å². The first kappa shape index (κ1) is 19.5. The molecule has 1 aliphatic rings. The molecule has 0 N–H and O–H groups in total. The van der Waals surface area contributed by atoms with E-state index < -0.39 is 0 Å². The van der Waals surface area contributed by atoms with Crippen molar-refractivity contribution < 1.29 is 4.79 Å². The largest absolute Gasteiger partial charge is 0.339 e. The molecule has 0 aromatic heterocycles. The summed E-state index contributed by atoms with van der Waals surface area (Å²) >= 11 is 1.61. The van der Waals surface area contributed by atoms with Gasteiger partial charge in [-0.1, -0.05) is 48.0 Å². The van der Waals surface area contributed by atoms with E-state index in [2.05, 4.69) is 43.0 Å². The Kier molecular flexibility index (Phi) is 6.54. The summed E-state index contributed by atoms with van der Waals surface area (Å²) in [6, 6.07) is 18.4. The van der Waals surface area contributed by atoms with E-state index in [0.29, 0.717) is 18.8 Å². The first-order valence-electron chi connectivity index (χ1n) is 9.25. The Morgan fingerprint density at radius 3 is 2.44 bits per heavy atom. The molecule has 0 saturated carbocycles. The molecule has 0 aliphatic carbocycles. The first-order valence-corrected chi connectivity index (χ1v) is 10.2. The molecule has 1 saturated heterocycles. The van der Waals surface area contributed by atoms with Crippen LogP contribution >= 0.6 is 11.8 Å². The second-order valence-corrected chi connectivity index (χ2v) is 7.93. The quantitative estimate of drug-likeness (QED) is 0.742. The van der Waals surface area contributed by atoms with Crippen LogP contribution in [0, 0.1) is 25.2 Å². The number of carbonyl (C=O) groups is 1. The van der Waals surface area contributed by atoms with Crippen molar-refractivity contribution in [3.63, 3.8) is 0 Å². The summed E-state index contributed by atoms with van der Waals surface area (Å²) in [5.74, 6) is 0.636. The fourth-order valence-electron chi connectivity index (χ4n) is 3.42. The molecule has 3 rings (SSSR count). The highest BCUT2D eigenvalue weighted by Crippen LogP contribution is 2.25. The molecule has 27 heavy (non-hydrogen) atoms. The zero-order valence-corrected chi connectivity index (χ0v) is 16.7. The van der Waals surface area contributed by atoms with Crippen LogP contribution in [-0.2, 0) is 4.79 Å². The summed E-state index contributed by atoms with van der Waals surface area (Å²) in [5.41, 5.74) is 3.48. The van der Waals surface area contributed by atoms with Gasteiger partial charge in [-0.15, -0.1) is 11.8 Å². The standard InChI is InChI=1S/C22H25N3OS/c1-17-8-9-21(18(2)14-17)27-16-22(26)25-12-10-24(11-13-25)20(15-23)19-6-4-3-5-7-19/h3-9,14,20H,10-13,16H2,1-2H3. The molecule has 140 valence electrons. The fourth-order valence-corrected chi connectivity index (χ4v) is 4.34. The van der Waals surface area contributed by atoms with Gasteiger partial charge in [0.2, 0.25) is 5.91 Å². The Balaban J connectivity index is 1.52. The topological polar surface area (TPSA) is 47.3 Å². The molecule has 1 heterocycles.